The number of carbonyl (C=O) groups excluding carboxylic acids is 1. The number of halogens is 2. The number of anilines is 1. The molecule has 1 amide bonds. The van der Waals surface area contributed by atoms with Crippen molar-refractivity contribution in [3.05, 3.63) is 58.1 Å². The molecule has 0 aliphatic carbocycles. The summed E-state index contributed by atoms with van der Waals surface area (Å²) in [5, 5.41) is 3.32. The molecule has 1 aliphatic heterocycles. The Bertz CT molecular complexity index is 1030. The minimum Gasteiger partial charge on any atom is -0.352 e. The average Bonchev–Trinajstić information content (AvgIpc) is 2.74. The second-order valence-electron chi connectivity index (χ2n) is 7.52. The number of hydrogen-bond acceptors (Lipinski definition) is 5. The quantitative estimate of drug-likeness (QED) is 0.562. The number of carbonyl (C=O) groups is 1. The van der Waals surface area contributed by atoms with Crippen LogP contribution in [0.1, 0.15) is 16.8 Å². The maximum absolute atomic E-state index is 12.6. The van der Waals surface area contributed by atoms with Gasteiger partial charge in [0.05, 0.1) is 14.9 Å². The van der Waals surface area contributed by atoms with E-state index in [9.17, 15) is 13.2 Å². The van der Waals surface area contributed by atoms with Gasteiger partial charge in [-0.1, -0.05) is 29.3 Å². The average molecular weight is 485 g/mol. The molecule has 168 valence electrons. The fraction of sp³-hybridized carbons (Fsp3) is 0.381. The lowest BCUT2D eigenvalue weighted by atomic mass is 10.2. The van der Waals surface area contributed by atoms with Gasteiger partial charge in [0, 0.05) is 44.0 Å². The summed E-state index contributed by atoms with van der Waals surface area (Å²) in [6.45, 7) is 5.73. The van der Waals surface area contributed by atoms with Crippen molar-refractivity contribution < 1.29 is 13.2 Å². The lowest BCUT2D eigenvalue weighted by Gasteiger charge is -2.32. The Morgan fingerprint density at radius 3 is 2.48 bits per heavy atom. The maximum atomic E-state index is 12.6. The number of piperazine rings is 1. The molecule has 0 saturated carbocycles. The summed E-state index contributed by atoms with van der Waals surface area (Å²) < 4.78 is 27.7. The molecule has 7 nitrogen and oxygen atoms in total. The van der Waals surface area contributed by atoms with Crippen molar-refractivity contribution in [3.8, 4) is 0 Å². The summed E-state index contributed by atoms with van der Waals surface area (Å²) >= 11 is 11.8. The van der Waals surface area contributed by atoms with Gasteiger partial charge in [-0.15, -0.1) is 0 Å². The van der Waals surface area contributed by atoms with Gasteiger partial charge in [0.15, 0.2) is 0 Å². The van der Waals surface area contributed by atoms with E-state index in [1.165, 1.54) is 24.3 Å². The molecule has 1 saturated heterocycles. The Morgan fingerprint density at radius 2 is 1.77 bits per heavy atom. The summed E-state index contributed by atoms with van der Waals surface area (Å²) in [5.41, 5.74) is 0.671. The molecule has 0 bridgehead atoms. The van der Waals surface area contributed by atoms with E-state index in [1.54, 1.807) is 18.2 Å². The lowest BCUT2D eigenvalue weighted by Crippen LogP contribution is -2.45. The van der Waals surface area contributed by atoms with Crippen molar-refractivity contribution in [1.82, 2.24) is 15.1 Å². The second-order valence-corrected chi connectivity index (χ2v) is 10.0. The van der Waals surface area contributed by atoms with Crippen LogP contribution >= 0.6 is 23.2 Å². The number of nitrogens with one attached hydrogen (secondary N) is 2. The number of benzene rings is 2. The summed E-state index contributed by atoms with van der Waals surface area (Å²) in [7, 11) is -1.74. The van der Waals surface area contributed by atoms with Gasteiger partial charge in [0.2, 0.25) is 0 Å². The van der Waals surface area contributed by atoms with Gasteiger partial charge >= 0.3 is 0 Å². The topological polar surface area (TPSA) is 81.8 Å². The Kier molecular flexibility index (Phi) is 8.18. The van der Waals surface area contributed by atoms with Crippen LogP contribution in [0.4, 0.5) is 5.69 Å². The van der Waals surface area contributed by atoms with Crippen molar-refractivity contribution >= 4 is 44.8 Å². The van der Waals surface area contributed by atoms with Crippen molar-refractivity contribution in [1.29, 1.82) is 0 Å². The van der Waals surface area contributed by atoms with Crippen LogP contribution < -0.4 is 10.0 Å². The Labute approximate surface area is 193 Å². The Hall–Kier alpha value is -1.84. The van der Waals surface area contributed by atoms with Crippen LogP contribution in [-0.4, -0.2) is 70.4 Å². The molecule has 31 heavy (non-hydrogen) atoms. The normalized spacial score (nSPS) is 15.6. The van der Waals surface area contributed by atoms with Gasteiger partial charge in [-0.2, -0.15) is 0 Å². The third-order valence-corrected chi connectivity index (χ3v) is 7.23. The second kappa shape index (κ2) is 10.7. The fourth-order valence-electron chi connectivity index (χ4n) is 3.26. The number of rotatable bonds is 8. The van der Waals surface area contributed by atoms with Gasteiger partial charge in [-0.3, -0.25) is 9.52 Å². The summed E-state index contributed by atoms with van der Waals surface area (Å²) in [6.07, 6.45) is 0.860. The van der Waals surface area contributed by atoms with Crippen LogP contribution in [-0.2, 0) is 10.0 Å². The largest absolute Gasteiger partial charge is 0.352 e. The molecule has 0 aromatic heterocycles. The molecule has 1 aliphatic rings. The van der Waals surface area contributed by atoms with Crippen LogP contribution in [0.2, 0.25) is 10.0 Å². The van der Waals surface area contributed by atoms with E-state index >= 15 is 0 Å². The molecule has 3 rings (SSSR count). The predicted molar refractivity (Wildman–Crippen MR) is 125 cm³/mol. The van der Waals surface area contributed by atoms with Crippen LogP contribution in [0.3, 0.4) is 0 Å². The molecule has 2 aromatic rings. The summed E-state index contributed by atoms with van der Waals surface area (Å²) in [5.74, 6) is -0.242. The van der Waals surface area contributed by atoms with E-state index in [-0.39, 0.29) is 26.5 Å². The standard InChI is InChI=1S/C21H26Cl2N4O3S/c1-26-10-12-27(13-11-26)9-3-8-24-21(28)16-4-2-5-17(14-16)25-31(29,30)18-6-7-19(22)20(23)15-18/h2,4-7,14-15,25H,3,8-13H2,1H3,(H,24,28). The first kappa shape index (κ1) is 23.8. The van der Waals surface area contributed by atoms with Crippen molar-refractivity contribution in [2.75, 3.05) is 51.0 Å². The molecule has 2 N–H and O–H groups in total. The molecule has 1 heterocycles. The highest BCUT2D eigenvalue weighted by Crippen LogP contribution is 2.26. The third-order valence-electron chi connectivity index (χ3n) is 5.11. The minimum absolute atomic E-state index is 0.0133. The minimum atomic E-state index is -3.87. The summed E-state index contributed by atoms with van der Waals surface area (Å²) in [6, 6.07) is 10.4. The van der Waals surface area contributed by atoms with Gasteiger partial charge < -0.3 is 15.1 Å². The van der Waals surface area contributed by atoms with Crippen LogP contribution in [0.25, 0.3) is 0 Å². The van der Waals surface area contributed by atoms with Crippen molar-refractivity contribution in [2.24, 2.45) is 0 Å². The van der Waals surface area contributed by atoms with E-state index in [1.807, 2.05) is 0 Å². The fourth-order valence-corrected chi connectivity index (χ4v) is 4.70. The van der Waals surface area contributed by atoms with Crippen molar-refractivity contribution in [3.63, 3.8) is 0 Å². The van der Waals surface area contributed by atoms with Gasteiger partial charge in [-0.25, -0.2) is 8.42 Å². The van der Waals surface area contributed by atoms with Gasteiger partial charge in [0.25, 0.3) is 15.9 Å². The van der Waals surface area contributed by atoms with Crippen LogP contribution in [0.5, 0.6) is 0 Å². The highest BCUT2D eigenvalue weighted by Gasteiger charge is 2.17. The first-order chi connectivity index (χ1) is 14.7. The van der Waals surface area contributed by atoms with Gasteiger partial charge in [-0.05, 0) is 56.4 Å². The Balaban J connectivity index is 1.54. The first-order valence-electron chi connectivity index (χ1n) is 10.0. The lowest BCUT2D eigenvalue weighted by molar-refractivity contribution is 0.0949. The summed E-state index contributed by atoms with van der Waals surface area (Å²) in [4.78, 5) is 17.2. The number of likely N-dealkylation sites (N-methyl/N-ethyl adjacent to an activating group) is 1. The predicted octanol–water partition coefficient (Wildman–Crippen LogP) is 3.16. The zero-order chi connectivity index (χ0) is 22.4. The molecular formula is C21H26Cl2N4O3S. The van der Waals surface area contributed by atoms with Gasteiger partial charge in [0.1, 0.15) is 0 Å². The van der Waals surface area contributed by atoms with Crippen LogP contribution in [0, 0.1) is 0 Å². The van der Waals surface area contributed by atoms with Crippen LogP contribution in [0.15, 0.2) is 47.4 Å². The smallest absolute Gasteiger partial charge is 0.261 e. The van der Waals surface area contributed by atoms with E-state index in [2.05, 4.69) is 26.9 Å². The van der Waals surface area contributed by atoms with Crippen molar-refractivity contribution in [2.45, 2.75) is 11.3 Å². The van der Waals surface area contributed by atoms with E-state index in [4.69, 9.17) is 23.2 Å². The van der Waals surface area contributed by atoms with E-state index in [0.717, 1.165) is 39.1 Å². The highest BCUT2D eigenvalue weighted by atomic mass is 35.5. The molecule has 0 unspecified atom stereocenters. The highest BCUT2D eigenvalue weighted by molar-refractivity contribution is 7.92. The molecule has 0 atom stereocenters. The number of amides is 1. The molecule has 0 radical (unpaired) electrons. The molecule has 1 fully saturated rings. The number of sulfonamides is 1. The molecule has 2 aromatic carbocycles. The monoisotopic (exact) mass is 484 g/mol. The molecule has 10 heteroatoms. The SMILES string of the molecule is CN1CCN(CCCNC(=O)c2cccc(NS(=O)(=O)c3ccc(Cl)c(Cl)c3)c2)CC1. The van der Waals surface area contributed by atoms with E-state index < -0.39 is 10.0 Å². The number of nitrogens with zero attached hydrogens (tertiary/aromatic N) is 2. The Morgan fingerprint density at radius 1 is 1.03 bits per heavy atom. The maximum Gasteiger partial charge on any atom is 0.261 e. The molecule has 0 spiro atoms. The van der Waals surface area contributed by atoms with E-state index in [0.29, 0.717) is 12.1 Å². The third kappa shape index (κ3) is 6.82. The zero-order valence-electron chi connectivity index (χ0n) is 17.3. The number of hydrogen-bond donors (Lipinski definition) is 2. The molecular weight excluding hydrogens is 459 g/mol. The first-order valence-corrected chi connectivity index (χ1v) is 12.3. The zero-order valence-corrected chi connectivity index (χ0v) is 19.6.